The van der Waals surface area contributed by atoms with E-state index < -0.39 is 24.1 Å². The van der Waals surface area contributed by atoms with Crippen LogP contribution in [0.4, 0.5) is 19.2 Å². The van der Waals surface area contributed by atoms with E-state index in [4.69, 9.17) is 0 Å². The van der Waals surface area contributed by atoms with Crippen molar-refractivity contribution in [3.05, 3.63) is 83.9 Å². The summed E-state index contributed by atoms with van der Waals surface area (Å²) in [7, 11) is 12.4. The molecule has 0 aliphatic rings. The molecule has 4 rings (SSSR count). The maximum atomic E-state index is 13.0. The van der Waals surface area contributed by atoms with Crippen molar-refractivity contribution in [3.63, 3.8) is 0 Å². The monoisotopic (exact) mass is 622 g/mol. The van der Waals surface area contributed by atoms with E-state index in [9.17, 15) is 19.2 Å². The largest absolute Gasteiger partial charge is 0.348 e. The topological polar surface area (TPSA) is 112 Å². The minimum Gasteiger partial charge on any atom is -0.329 e. The van der Waals surface area contributed by atoms with E-state index in [1.165, 1.54) is 32.0 Å². The Morgan fingerprint density at radius 1 is 0.457 bits per heavy atom. The van der Waals surface area contributed by atoms with Crippen molar-refractivity contribution in [2.45, 2.75) is 0 Å². The van der Waals surface area contributed by atoms with Crippen LogP contribution < -0.4 is 0 Å². The second-order valence-corrected chi connectivity index (χ2v) is 11.3. The second-order valence-electron chi connectivity index (χ2n) is 11.3. The molecule has 4 aromatic carbocycles. The fourth-order valence-corrected chi connectivity index (χ4v) is 4.71. The Kier molecular flexibility index (Phi) is 10.0. The number of hydrazone groups is 2. The van der Waals surface area contributed by atoms with Crippen molar-refractivity contribution in [3.8, 4) is 11.1 Å². The molecule has 0 radical (unpaired) electrons. The average molecular weight is 623 g/mol. The van der Waals surface area contributed by atoms with Gasteiger partial charge < -0.3 is 19.6 Å². The van der Waals surface area contributed by atoms with Crippen molar-refractivity contribution < 1.29 is 19.2 Å². The molecule has 238 valence electrons. The Balaban J connectivity index is 2.03. The van der Waals surface area contributed by atoms with Crippen LogP contribution in [0.25, 0.3) is 32.7 Å². The number of hydrogen-bond donors (Lipinski definition) is 0. The molecule has 12 nitrogen and oxygen atoms in total. The van der Waals surface area contributed by atoms with Crippen LogP contribution in [0.3, 0.4) is 0 Å². The van der Waals surface area contributed by atoms with Gasteiger partial charge in [-0.05, 0) is 32.7 Å². The molecule has 46 heavy (non-hydrogen) atoms. The van der Waals surface area contributed by atoms with Crippen LogP contribution in [0, 0.1) is 0 Å². The van der Waals surface area contributed by atoms with Crippen molar-refractivity contribution >= 4 is 58.1 Å². The van der Waals surface area contributed by atoms with Crippen molar-refractivity contribution in [2.75, 3.05) is 56.4 Å². The molecule has 8 amide bonds. The summed E-state index contributed by atoms with van der Waals surface area (Å²) in [4.78, 5) is 57.0. The first-order valence-corrected chi connectivity index (χ1v) is 14.4. The maximum Gasteiger partial charge on any atom is 0.348 e. The van der Waals surface area contributed by atoms with Gasteiger partial charge in [0.2, 0.25) is 0 Å². The predicted molar refractivity (Wildman–Crippen MR) is 182 cm³/mol. The average Bonchev–Trinajstić information content (AvgIpc) is 3.03. The first-order chi connectivity index (χ1) is 21.8. The third kappa shape index (κ3) is 6.80. The van der Waals surface area contributed by atoms with Gasteiger partial charge in [0.25, 0.3) is 0 Å². The molecule has 12 heteroatoms. The minimum absolute atomic E-state index is 0.605. The number of imide groups is 2. The summed E-state index contributed by atoms with van der Waals surface area (Å²) in [5.74, 6) is 0. The van der Waals surface area contributed by atoms with Crippen LogP contribution in [0.2, 0.25) is 0 Å². The summed E-state index contributed by atoms with van der Waals surface area (Å²) in [6.45, 7) is 0. The summed E-state index contributed by atoms with van der Waals surface area (Å²) in [6.07, 6.45) is 2.98. The van der Waals surface area contributed by atoms with Gasteiger partial charge in [0.05, 0.1) is 12.4 Å². The number of urea groups is 4. The van der Waals surface area contributed by atoms with Crippen molar-refractivity contribution in [1.82, 2.24) is 29.6 Å². The Bertz CT molecular complexity index is 1690. The van der Waals surface area contributed by atoms with Gasteiger partial charge in [-0.2, -0.15) is 10.2 Å². The number of amides is 8. The molecule has 0 aromatic heterocycles. The quantitative estimate of drug-likeness (QED) is 0.211. The SMILES string of the molecule is CN(C)C(=O)N(/N=C\c1ccc2ccccc2c1-c1c(/C=N/N(C(=O)N(C)C)C(=O)N(C)C)ccc2ccccc12)C(=O)N(C)C. The summed E-state index contributed by atoms with van der Waals surface area (Å²) in [5, 5.41) is 14.0. The number of rotatable bonds is 5. The summed E-state index contributed by atoms with van der Waals surface area (Å²) in [5.41, 5.74) is 2.77. The molecule has 0 saturated carbocycles. The van der Waals surface area contributed by atoms with Gasteiger partial charge in [-0.25, -0.2) is 19.2 Å². The lowest BCUT2D eigenvalue weighted by molar-refractivity contribution is 0.154. The van der Waals surface area contributed by atoms with E-state index in [-0.39, 0.29) is 0 Å². The number of carbonyl (C=O) groups is 4. The second kappa shape index (κ2) is 13.9. The summed E-state index contributed by atoms with van der Waals surface area (Å²) >= 11 is 0. The van der Waals surface area contributed by atoms with Crippen LogP contribution in [0.15, 0.2) is 83.0 Å². The van der Waals surface area contributed by atoms with Gasteiger partial charge in [-0.15, -0.1) is 10.0 Å². The minimum atomic E-state index is -0.605. The molecule has 0 aliphatic heterocycles. The smallest absolute Gasteiger partial charge is 0.329 e. The van der Waals surface area contributed by atoms with E-state index in [0.29, 0.717) is 11.1 Å². The zero-order chi connectivity index (χ0) is 33.7. The molecule has 0 N–H and O–H groups in total. The molecular weight excluding hydrogens is 584 g/mol. The molecule has 0 fully saturated rings. The Hall–Kier alpha value is -5.78. The normalized spacial score (nSPS) is 11.2. The van der Waals surface area contributed by atoms with Crippen LogP contribution >= 0.6 is 0 Å². The number of carbonyl (C=O) groups excluding carboxylic acids is 4. The first kappa shape index (κ1) is 33.1. The van der Waals surface area contributed by atoms with E-state index >= 15 is 0 Å². The number of nitrogens with zero attached hydrogens (tertiary/aromatic N) is 8. The molecule has 4 aromatic rings. The van der Waals surface area contributed by atoms with E-state index in [2.05, 4.69) is 10.2 Å². The lowest BCUT2D eigenvalue weighted by Crippen LogP contribution is -2.44. The van der Waals surface area contributed by atoms with Crippen LogP contribution in [-0.4, -0.2) is 123 Å². The van der Waals surface area contributed by atoms with Gasteiger partial charge in [-0.3, -0.25) is 0 Å². The predicted octanol–water partition coefficient (Wildman–Crippen LogP) is 5.66. The van der Waals surface area contributed by atoms with Crippen molar-refractivity contribution in [1.29, 1.82) is 0 Å². The highest BCUT2D eigenvalue weighted by atomic mass is 16.2. The Labute approximate surface area is 268 Å². The number of benzene rings is 4. The van der Waals surface area contributed by atoms with Crippen molar-refractivity contribution in [2.24, 2.45) is 10.2 Å². The maximum absolute atomic E-state index is 13.0. The van der Waals surface area contributed by atoms with Crippen LogP contribution in [0.1, 0.15) is 11.1 Å². The molecule has 0 heterocycles. The molecule has 0 aliphatic carbocycles. The van der Waals surface area contributed by atoms with Crippen LogP contribution in [-0.2, 0) is 0 Å². The fourth-order valence-electron chi connectivity index (χ4n) is 4.71. The van der Waals surface area contributed by atoms with Gasteiger partial charge in [0, 0.05) is 67.5 Å². The Morgan fingerprint density at radius 2 is 0.761 bits per heavy atom. The first-order valence-electron chi connectivity index (χ1n) is 14.4. The lowest BCUT2D eigenvalue weighted by atomic mass is 9.87. The molecule has 0 atom stereocenters. The zero-order valence-corrected chi connectivity index (χ0v) is 27.3. The standard InChI is InChI=1S/C34H38N8O4/c1-37(2)31(43)41(32(44)38(3)4)35-21-25-19-17-23-13-9-11-15-27(23)29(25)30-26(20-18-24-14-10-12-16-28(24)30)22-36-42(33(45)39(5)6)34(46)40(7)8/h9-22H,1-8H3/b35-21-,36-22+. The number of fused-ring (bicyclic) bond motifs is 2. The molecule has 0 spiro atoms. The Morgan fingerprint density at radius 3 is 1.07 bits per heavy atom. The zero-order valence-electron chi connectivity index (χ0n) is 27.3. The summed E-state index contributed by atoms with van der Waals surface area (Å²) < 4.78 is 0. The molecular formula is C34H38N8O4. The van der Waals surface area contributed by atoms with E-state index in [1.54, 1.807) is 56.4 Å². The van der Waals surface area contributed by atoms with Gasteiger partial charge in [0.1, 0.15) is 0 Å². The molecule has 0 unspecified atom stereocenters. The fraction of sp³-hybridized carbons (Fsp3) is 0.235. The van der Waals surface area contributed by atoms with Gasteiger partial charge in [-0.1, -0.05) is 72.8 Å². The van der Waals surface area contributed by atoms with E-state index in [1.807, 2.05) is 72.8 Å². The highest BCUT2D eigenvalue weighted by molar-refractivity contribution is 6.15. The highest BCUT2D eigenvalue weighted by Crippen LogP contribution is 2.38. The highest BCUT2D eigenvalue weighted by Gasteiger charge is 2.26. The van der Waals surface area contributed by atoms with Gasteiger partial charge in [0.15, 0.2) is 0 Å². The third-order valence-corrected chi connectivity index (χ3v) is 7.05. The lowest BCUT2D eigenvalue weighted by Gasteiger charge is -2.23. The summed E-state index contributed by atoms with van der Waals surface area (Å²) in [6, 6.07) is 20.9. The van der Waals surface area contributed by atoms with E-state index in [0.717, 1.165) is 42.7 Å². The van der Waals surface area contributed by atoms with Gasteiger partial charge >= 0.3 is 24.1 Å². The van der Waals surface area contributed by atoms with Crippen LogP contribution in [0.5, 0.6) is 0 Å². The molecule has 0 bridgehead atoms. The third-order valence-electron chi connectivity index (χ3n) is 7.05. The number of hydrogen-bond acceptors (Lipinski definition) is 6. The molecule has 0 saturated heterocycles.